The lowest BCUT2D eigenvalue weighted by Gasteiger charge is -2.08. The van der Waals surface area contributed by atoms with Crippen molar-refractivity contribution < 1.29 is 13.6 Å². The van der Waals surface area contributed by atoms with Gasteiger partial charge in [-0.15, -0.1) is 0 Å². The third kappa shape index (κ3) is 4.59. The average molecular weight is 387 g/mol. The van der Waals surface area contributed by atoms with Crippen molar-refractivity contribution in [1.82, 2.24) is 9.55 Å². The fraction of sp³-hybridized carbons (Fsp3) is 0.105. The first-order chi connectivity index (χ1) is 12.9. The Hall–Kier alpha value is -3.00. The Labute approximate surface area is 158 Å². The number of carbonyl (C=O) groups excluding carboxylic acids is 1. The van der Waals surface area contributed by atoms with Crippen LogP contribution in [0.3, 0.4) is 0 Å². The van der Waals surface area contributed by atoms with Crippen LogP contribution in [0.15, 0.2) is 64.7 Å². The van der Waals surface area contributed by atoms with Crippen molar-refractivity contribution in [3.63, 3.8) is 0 Å². The van der Waals surface area contributed by atoms with Crippen molar-refractivity contribution in [1.29, 1.82) is 0 Å². The first-order valence-electron chi connectivity index (χ1n) is 7.96. The molecule has 3 aromatic rings. The molecule has 0 aliphatic carbocycles. The van der Waals surface area contributed by atoms with Crippen LogP contribution in [0.2, 0.25) is 0 Å². The number of anilines is 1. The zero-order valence-corrected chi connectivity index (χ0v) is 15.1. The molecule has 0 saturated carbocycles. The fourth-order valence-corrected chi connectivity index (χ4v) is 3.02. The van der Waals surface area contributed by atoms with Gasteiger partial charge < -0.3 is 5.32 Å². The van der Waals surface area contributed by atoms with E-state index in [2.05, 4.69) is 10.3 Å². The van der Waals surface area contributed by atoms with E-state index in [4.69, 9.17) is 0 Å². The summed E-state index contributed by atoms with van der Waals surface area (Å²) in [5.41, 5.74) is 0.724. The molecule has 2 aromatic carbocycles. The Morgan fingerprint density at radius 2 is 2.04 bits per heavy atom. The van der Waals surface area contributed by atoms with Crippen LogP contribution in [0.25, 0.3) is 5.69 Å². The van der Waals surface area contributed by atoms with Crippen LogP contribution in [-0.4, -0.2) is 21.2 Å². The summed E-state index contributed by atoms with van der Waals surface area (Å²) >= 11 is 0.951. The van der Waals surface area contributed by atoms with Gasteiger partial charge in [-0.1, -0.05) is 23.9 Å². The molecule has 0 aliphatic heterocycles. The molecule has 0 aliphatic rings. The maximum absolute atomic E-state index is 13.5. The molecular weight excluding hydrogens is 372 g/mol. The van der Waals surface area contributed by atoms with Crippen LogP contribution in [-0.2, 0) is 4.79 Å². The molecule has 1 N–H and O–H groups in total. The minimum Gasteiger partial charge on any atom is -0.325 e. The van der Waals surface area contributed by atoms with Crippen LogP contribution in [0, 0.1) is 18.6 Å². The summed E-state index contributed by atoms with van der Waals surface area (Å²) in [7, 11) is 0. The Kier molecular flexibility index (Phi) is 5.66. The lowest BCUT2D eigenvalue weighted by Crippen LogP contribution is -2.22. The number of hydrogen-bond acceptors (Lipinski definition) is 4. The summed E-state index contributed by atoms with van der Waals surface area (Å²) in [4.78, 5) is 28.5. The summed E-state index contributed by atoms with van der Waals surface area (Å²) in [6.45, 7) is 1.63. The molecule has 0 radical (unpaired) electrons. The van der Waals surface area contributed by atoms with Gasteiger partial charge in [-0.2, -0.15) is 0 Å². The van der Waals surface area contributed by atoms with Gasteiger partial charge in [0.25, 0.3) is 5.56 Å². The molecule has 0 saturated heterocycles. The monoisotopic (exact) mass is 387 g/mol. The van der Waals surface area contributed by atoms with Gasteiger partial charge in [0.1, 0.15) is 11.6 Å². The van der Waals surface area contributed by atoms with E-state index in [1.807, 2.05) is 0 Å². The van der Waals surface area contributed by atoms with E-state index in [0.717, 1.165) is 11.8 Å². The highest BCUT2D eigenvalue weighted by molar-refractivity contribution is 7.99. The second kappa shape index (κ2) is 8.13. The largest absolute Gasteiger partial charge is 0.325 e. The molecule has 0 fully saturated rings. The van der Waals surface area contributed by atoms with Crippen LogP contribution in [0.1, 0.15) is 5.56 Å². The molecule has 1 amide bonds. The van der Waals surface area contributed by atoms with Crippen LogP contribution < -0.4 is 10.9 Å². The smallest absolute Gasteiger partial charge is 0.287 e. The summed E-state index contributed by atoms with van der Waals surface area (Å²) in [6, 6.07) is 10.00. The fourth-order valence-electron chi connectivity index (χ4n) is 2.32. The molecule has 1 aromatic heterocycles. The van der Waals surface area contributed by atoms with Crippen molar-refractivity contribution in [2.24, 2.45) is 0 Å². The average Bonchev–Trinajstić information content (AvgIpc) is 2.64. The van der Waals surface area contributed by atoms with Gasteiger partial charge in [0.15, 0.2) is 5.03 Å². The molecule has 0 bridgehead atoms. The first kappa shape index (κ1) is 18.8. The lowest BCUT2D eigenvalue weighted by molar-refractivity contribution is -0.113. The van der Waals surface area contributed by atoms with Crippen LogP contribution in [0.5, 0.6) is 0 Å². The van der Waals surface area contributed by atoms with Gasteiger partial charge in [-0.3, -0.25) is 14.2 Å². The summed E-state index contributed by atoms with van der Waals surface area (Å²) in [5.74, 6) is -1.35. The standard InChI is InChI=1S/C19H15F2N3O2S/c1-12-5-6-14(10-16(12)21)23-17(25)11-27-18-19(26)24(8-7-22-18)15-4-2-3-13(20)9-15/h2-10H,11H2,1H3,(H,23,25). The minimum absolute atomic E-state index is 0.0785. The molecule has 27 heavy (non-hydrogen) atoms. The number of rotatable bonds is 5. The predicted octanol–water partition coefficient (Wildman–Crippen LogP) is 3.55. The van der Waals surface area contributed by atoms with E-state index in [0.29, 0.717) is 16.9 Å². The molecule has 8 heteroatoms. The molecule has 3 rings (SSSR count). The number of hydrogen-bond donors (Lipinski definition) is 1. The Morgan fingerprint density at radius 1 is 1.22 bits per heavy atom. The van der Waals surface area contributed by atoms with Gasteiger partial charge >= 0.3 is 0 Å². The Morgan fingerprint density at radius 3 is 2.78 bits per heavy atom. The molecule has 5 nitrogen and oxygen atoms in total. The van der Waals surface area contributed by atoms with Crippen molar-refractivity contribution in [3.8, 4) is 5.69 Å². The maximum atomic E-state index is 13.5. The topological polar surface area (TPSA) is 64.0 Å². The van der Waals surface area contributed by atoms with Gasteiger partial charge in [-0.05, 0) is 42.8 Å². The van der Waals surface area contributed by atoms with Crippen LogP contribution in [0.4, 0.5) is 14.5 Å². The summed E-state index contributed by atoms with van der Waals surface area (Å²) < 4.78 is 28.2. The molecule has 0 atom stereocenters. The number of amides is 1. The van der Waals surface area contributed by atoms with E-state index >= 15 is 0 Å². The number of benzene rings is 2. The zero-order valence-electron chi connectivity index (χ0n) is 14.3. The third-order valence-corrected chi connectivity index (χ3v) is 4.65. The number of halogens is 2. The number of thioether (sulfide) groups is 1. The number of carbonyl (C=O) groups is 1. The maximum Gasteiger partial charge on any atom is 0.287 e. The highest BCUT2D eigenvalue weighted by Gasteiger charge is 2.11. The molecule has 0 spiro atoms. The van der Waals surface area contributed by atoms with Crippen molar-refractivity contribution in [2.45, 2.75) is 11.9 Å². The van der Waals surface area contributed by atoms with Crippen molar-refractivity contribution >= 4 is 23.4 Å². The zero-order chi connectivity index (χ0) is 19.4. The van der Waals surface area contributed by atoms with Gasteiger partial charge in [0.2, 0.25) is 5.91 Å². The SMILES string of the molecule is Cc1ccc(NC(=O)CSc2nccn(-c3cccc(F)c3)c2=O)cc1F. The summed E-state index contributed by atoms with van der Waals surface area (Å²) in [5, 5.41) is 2.67. The van der Waals surface area contributed by atoms with Crippen molar-refractivity contribution in [2.75, 3.05) is 11.1 Å². The van der Waals surface area contributed by atoms with Gasteiger partial charge in [0.05, 0.1) is 11.4 Å². The normalized spacial score (nSPS) is 10.6. The summed E-state index contributed by atoms with van der Waals surface area (Å²) in [6.07, 6.45) is 2.83. The lowest BCUT2D eigenvalue weighted by atomic mass is 10.2. The van der Waals surface area contributed by atoms with E-state index in [-0.39, 0.29) is 10.8 Å². The number of aromatic nitrogens is 2. The van der Waals surface area contributed by atoms with Crippen LogP contribution >= 0.6 is 11.8 Å². The van der Waals surface area contributed by atoms with E-state index in [1.54, 1.807) is 25.1 Å². The van der Waals surface area contributed by atoms with Gasteiger partial charge in [-0.25, -0.2) is 13.8 Å². The van der Waals surface area contributed by atoms with E-state index in [1.165, 1.54) is 41.2 Å². The number of nitrogens with one attached hydrogen (secondary N) is 1. The number of aryl methyl sites for hydroxylation is 1. The number of nitrogens with zero attached hydrogens (tertiary/aromatic N) is 2. The molecule has 0 unspecified atom stereocenters. The minimum atomic E-state index is -0.463. The van der Waals surface area contributed by atoms with Crippen molar-refractivity contribution in [3.05, 3.63) is 82.4 Å². The highest BCUT2D eigenvalue weighted by Crippen LogP contribution is 2.16. The molecule has 138 valence electrons. The highest BCUT2D eigenvalue weighted by atomic mass is 32.2. The molecular formula is C19H15F2N3O2S. The predicted molar refractivity (Wildman–Crippen MR) is 100 cm³/mol. The second-order valence-electron chi connectivity index (χ2n) is 5.69. The van der Waals surface area contributed by atoms with Gasteiger partial charge in [0, 0.05) is 18.1 Å². The first-order valence-corrected chi connectivity index (χ1v) is 8.95. The quantitative estimate of drug-likeness (QED) is 0.680. The van der Waals surface area contributed by atoms with E-state index < -0.39 is 23.1 Å². The Bertz CT molecular complexity index is 1050. The third-order valence-electron chi connectivity index (χ3n) is 3.69. The molecule has 1 heterocycles. The Balaban J connectivity index is 1.71. The second-order valence-corrected chi connectivity index (χ2v) is 6.65. The van der Waals surface area contributed by atoms with E-state index in [9.17, 15) is 18.4 Å².